The maximum Gasteiger partial charge on any atom is 0.414 e. The van der Waals surface area contributed by atoms with Gasteiger partial charge >= 0.3 is 6.09 Å². The highest BCUT2D eigenvalue weighted by atomic mass is 79.9. The third-order valence-corrected chi connectivity index (χ3v) is 5.60. The van der Waals surface area contributed by atoms with E-state index in [0.717, 1.165) is 5.56 Å². The topological polar surface area (TPSA) is 125 Å². The number of hydrogen-bond donors (Lipinski definition) is 4. The van der Waals surface area contributed by atoms with Gasteiger partial charge in [-0.1, -0.05) is 41.9 Å². The Labute approximate surface area is 189 Å². The zero-order valence-corrected chi connectivity index (χ0v) is 18.1. The molecule has 0 spiro atoms. The lowest BCUT2D eigenvalue weighted by molar-refractivity contribution is -0.118. The predicted molar refractivity (Wildman–Crippen MR) is 117 cm³/mol. The molecule has 3 aromatic rings. The van der Waals surface area contributed by atoms with Gasteiger partial charge in [-0.05, 0) is 39.7 Å². The summed E-state index contributed by atoms with van der Waals surface area (Å²) in [4.78, 5) is 36.9. The lowest BCUT2D eigenvalue weighted by atomic mass is 9.99. The summed E-state index contributed by atoms with van der Waals surface area (Å²) in [7, 11) is 0. The molecule has 0 saturated carbocycles. The fraction of sp³-hybridized carbons (Fsp3) is 0.100. The molecule has 1 unspecified atom stereocenters. The first-order chi connectivity index (χ1) is 14.9. The quantitative estimate of drug-likeness (QED) is 0.431. The molecule has 2 aromatic carbocycles. The summed E-state index contributed by atoms with van der Waals surface area (Å²) < 4.78 is 5.40. The first-order valence-corrected chi connectivity index (χ1v) is 10.3. The predicted octanol–water partition coefficient (Wildman–Crippen LogP) is 3.73. The van der Waals surface area contributed by atoms with E-state index in [1.165, 1.54) is 0 Å². The standard InChI is InChI=1S/C20H15BrClN5O4/c21-15-16(25-17(28)11-6-2-3-7-12(11)22)26-27-19(15)31-20(30)24-14-9-10-5-1-4-8-13(10)23-18(14)29/h1-8,14H,9H2,(H,23,29)(H,24,30)(H2,25,26,27,28). The summed E-state index contributed by atoms with van der Waals surface area (Å²) >= 11 is 9.26. The van der Waals surface area contributed by atoms with E-state index < -0.39 is 18.0 Å². The zero-order chi connectivity index (χ0) is 22.0. The molecule has 1 aromatic heterocycles. The maximum absolute atomic E-state index is 12.4. The van der Waals surface area contributed by atoms with Crippen LogP contribution in [0.3, 0.4) is 0 Å². The van der Waals surface area contributed by atoms with Crippen LogP contribution in [-0.4, -0.2) is 34.1 Å². The molecular weight excluding hydrogens is 490 g/mol. The van der Waals surface area contributed by atoms with Gasteiger partial charge in [-0.2, -0.15) is 0 Å². The van der Waals surface area contributed by atoms with Gasteiger partial charge in [-0.15, -0.1) is 5.10 Å². The summed E-state index contributed by atoms with van der Waals surface area (Å²) in [6.07, 6.45) is -0.534. The summed E-state index contributed by atoms with van der Waals surface area (Å²) in [5.41, 5.74) is 1.89. The van der Waals surface area contributed by atoms with E-state index in [0.29, 0.717) is 17.1 Å². The maximum atomic E-state index is 12.4. The van der Waals surface area contributed by atoms with Crippen LogP contribution in [0.5, 0.6) is 5.88 Å². The molecule has 2 heterocycles. The second-order valence-corrected chi connectivity index (χ2v) is 7.79. The molecule has 3 amide bonds. The van der Waals surface area contributed by atoms with Crippen LogP contribution in [0.1, 0.15) is 15.9 Å². The van der Waals surface area contributed by atoms with Gasteiger partial charge in [0.1, 0.15) is 16.3 Å². The minimum absolute atomic E-state index is 0.108. The van der Waals surface area contributed by atoms with E-state index >= 15 is 0 Å². The summed E-state index contributed by atoms with van der Waals surface area (Å²) in [6.45, 7) is 0. The van der Waals surface area contributed by atoms with Crippen molar-refractivity contribution in [1.82, 2.24) is 15.5 Å². The number of H-pyrrole nitrogens is 1. The fourth-order valence-corrected chi connectivity index (χ4v) is 3.60. The molecule has 0 radical (unpaired) electrons. The van der Waals surface area contributed by atoms with Crippen molar-refractivity contribution in [3.05, 3.63) is 69.2 Å². The largest absolute Gasteiger partial charge is 0.414 e. The Morgan fingerprint density at radius 3 is 2.71 bits per heavy atom. The number of halogens is 2. The molecule has 4 N–H and O–H groups in total. The third-order valence-electron chi connectivity index (χ3n) is 4.53. The van der Waals surface area contributed by atoms with Gasteiger partial charge in [0.2, 0.25) is 5.91 Å². The molecule has 1 atom stereocenters. The molecule has 1 aliphatic rings. The van der Waals surface area contributed by atoms with Crippen molar-refractivity contribution in [2.75, 3.05) is 10.6 Å². The number of anilines is 2. The molecular formula is C20H15BrClN5O4. The Morgan fingerprint density at radius 2 is 1.90 bits per heavy atom. The number of benzene rings is 2. The number of hydrogen-bond acceptors (Lipinski definition) is 5. The van der Waals surface area contributed by atoms with Crippen LogP contribution in [0.2, 0.25) is 5.02 Å². The molecule has 0 fully saturated rings. The highest BCUT2D eigenvalue weighted by molar-refractivity contribution is 9.10. The summed E-state index contributed by atoms with van der Waals surface area (Å²) in [5, 5.41) is 14.6. The Morgan fingerprint density at radius 1 is 1.16 bits per heavy atom. The second-order valence-electron chi connectivity index (χ2n) is 6.59. The van der Waals surface area contributed by atoms with Crippen LogP contribution in [0, 0.1) is 0 Å². The van der Waals surface area contributed by atoms with Crippen molar-refractivity contribution in [2.45, 2.75) is 12.5 Å². The van der Waals surface area contributed by atoms with Crippen LogP contribution >= 0.6 is 27.5 Å². The summed E-state index contributed by atoms with van der Waals surface area (Å²) in [5.74, 6) is -0.742. The number of aromatic amines is 1. The average molecular weight is 505 g/mol. The van der Waals surface area contributed by atoms with Crippen LogP contribution in [0.15, 0.2) is 53.0 Å². The van der Waals surface area contributed by atoms with Gasteiger partial charge < -0.3 is 20.7 Å². The van der Waals surface area contributed by atoms with E-state index in [2.05, 4.69) is 42.1 Å². The van der Waals surface area contributed by atoms with Gasteiger partial charge in [0.25, 0.3) is 11.8 Å². The highest BCUT2D eigenvalue weighted by Crippen LogP contribution is 2.30. The minimum Gasteiger partial charge on any atom is -0.388 e. The Bertz CT molecular complexity index is 1180. The first-order valence-electron chi connectivity index (χ1n) is 9.09. The number of aromatic nitrogens is 2. The number of carbonyl (C=O) groups excluding carboxylic acids is 3. The van der Waals surface area contributed by atoms with Gasteiger partial charge in [0.05, 0.1) is 10.6 Å². The second kappa shape index (κ2) is 8.78. The molecule has 0 aliphatic carbocycles. The van der Waals surface area contributed by atoms with E-state index in [1.807, 2.05) is 18.2 Å². The van der Waals surface area contributed by atoms with Crippen molar-refractivity contribution in [3.63, 3.8) is 0 Å². The van der Waals surface area contributed by atoms with Crippen molar-refractivity contribution < 1.29 is 19.1 Å². The van der Waals surface area contributed by atoms with Crippen molar-refractivity contribution >= 4 is 56.9 Å². The Balaban J connectivity index is 1.40. The SMILES string of the molecule is O=C(NC1Cc2ccccc2NC1=O)Oc1n[nH]c(NC(=O)c2ccccc2Cl)c1Br. The number of rotatable bonds is 4. The number of para-hydroxylation sites is 1. The highest BCUT2D eigenvalue weighted by Gasteiger charge is 2.28. The van der Waals surface area contributed by atoms with Crippen LogP contribution < -0.4 is 20.7 Å². The third kappa shape index (κ3) is 4.54. The molecule has 31 heavy (non-hydrogen) atoms. The molecule has 9 nitrogen and oxygen atoms in total. The molecule has 0 bridgehead atoms. The lowest BCUT2D eigenvalue weighted by Gasteiger charge is -2.24. The molecule has 1 aliphatic heterocycles. The molecule has 0 saturated heterocycles. The van der Waals surface area contributed by atoms with Crippen molar-refractivity contribution in [2.24, 2.45) is 0 Å². The van der Waals surface area contributed by atoms with E-state index in [4.69, 9.17) is 16.3 Å². The van der Waals surface area contributed by atoms with E-state index in [9.17, 15) is 14.4 Å². The van der Waals surface area contributed by atoms with Crippen LogP contribution in [0.4, 0.5) is 16.3 Å². The molecule has 4 rings (SSSR count). The number of nitrogens with one attached hydrogen (secondary N) is 4. The molecule has 158 valence electrons. The number of carbonyl (C=O) groups is 3. The van der Waals surface area contributed by atoms with Crippen LogP contribution in [0.25, 0.3) is 0 Å². The number of ether oxygens (including phenoxy) is 1. The van der Waals surface area contributed by atoms with Gasteiger partial charge in [-0.3, -0.25) is 14.7 Å². The van der Waals surface area contributed by atoms with Gasteiger partial charge in [0, 0.05) is 12.1 Å². The smallest absolute Gasteiger partial charge is 0.388 e. The number of fused-ring (bicyclic) bond motifs is 1. The van der Waals surface area contributed by atoms with Crippen molar-refractivity contribution in [3.8, 4) is 5.88 Å². The lowest BCUT2D eigenvalue weighted by Crippen LogP contribution is -2.48. The van der Waals surface area contributed by atoms with Crippen molar-refractivity contribution in [1.29, 1.82) is 0 Å². The molecule has 11 heteroatoms. The zero-order valence-electron chi connectivity index (χ0n) is 15.7. The summed E-state index contributed by atoms with van der Waals surface area (Å²) in [6, 6.07) is 13.1. The Hall–Kier alpha value is -3.37. The Kier molecular flexibility index (Phi) is 5.92. The normalized spacial score (nSPS) is 14.9. The van der Waals surface area contributed by atoms with E-state index in [-0.39, 0.29) is 27.6 Å². The first kappa shape index (κ1) is 20.9. The number of amides is 3. The average Bonchev–Trinajstić information content (AvgIpc) is 3.08. The van der Waals surface area contributed by atoms with E-state index in [1.54, 1.807) is 30.3 Å². The van der Waals surface area contributed by atoms with Gasteiger partial charge in [-0.25, -0.2) is 4.79 Å². The number of nitrogens with zero attached hydrogens (tertiary/aromatic N) is 1. The fourth-order valence-electron chi connectivity index (χ4n) is 3.02. The van der Waals surface area contributed by atoms with Crippen LogP contribution in [-0.2, 0) is 11.2 Å². The monoisotopic (exact) mass is 503 g/mol. The van der Waals surface area contributed by atoms with Gasteiger partial charge in [0.15, 0.2) is 0 Å². The minimum atomic E-state index is -0.865.